The van der Waals surface area contributed by atoms with E-state index >= 15 is 0 Å². The second kappa shape index (κ2) is 4.65. The molecule has 0 saturated carbocycles. The number of aromatic amines is 1. The average molecular weight is 257 g/mol. The van der Waals surface area contributed by atoms with E-state index in [1.165, 1.54) is 16.9 Å². The van der Waals surface area contributed by atoms with Crippen molar-refractivity contribution in [3.63, 3.8) is 0 Å². The standard InChI is InChI=1S/C15H15NOS/c1-10-8-15(17)13-9-12(2-3-14(13)16-10)11-4-6-18-7-5-11/h2-4,8-9H,5-7H2,1H3,(H,16,17). The molecule has 0 fully saturated rings. The molecule has 0 amide bonds. The normalized spacial score (nSPS) is 15.7. The van der Waals surface area contributed by atoms with Crippen molar-refractivity contribution in [1.29, 1.82) is 0 Å². The highest BCUT2D eigenvalue weighted by atomic mass is 32.2. The van der Waals surface area contributed by atoms with Gasteiger partial charge in [-0.15, -0.1) is 0 Å². The number of pyridine rings is 1. The molecule has 3 rings (SSSR count). The van der Waals surface area contributed by atoms with Gasteiger partial charge < -0.3 is 4.98 Å². The minimum absolute atomic E-state index is 0.105. The van der Waals surface area contributed by atoms with E-state index in [0.29, 0.717) is 0 Å². The summed E-state index contributed by atoms with van der Waals surface area (Å²) in [7, 11) is 0. The van der Waals surface area contributed by atoms with Gasteiger partial charge in [-0.05, 0) is 42.4 Å². The lowest BCUT2D eigenvalue weighted by molar-refractivity contribution is 1.22. The molecule has 18 heavy (non-hydrogen) atoms. The Bertz CT molecular complexity index is 684. The van der Waals surface area contributed by atoms with Gasteiger partial charge in [0.05, 0.1) is 0 Å². The fourth-order valence-corrected chi connectivity index (χ4v) is 3.22. The first-order valence-corrected chi connectivity index (χ1v) is 7.30. The number of hydrogen-bond donors (Lipinski definition) is 1. The third-order valence-electron chi connectivity index (χ3n) is 3.30. The lowest BCUT2D eigenvalue weighted by Gasteiger charge is -2.13. The van der Waals surface area contributed by atoms with Gasteiger partial charge in [0.2, 0.25) is 0 Å². The Morgan fingerprint density at radius 1 is 1.28 bits per heavy atom. The van der Waals surface area contributed by atoms with Gasteiger partial charge >= 0.3 is 0 Å². The number of aryl methyl sites for hydroxylation is 1. The van der Waals surface area contributed by atoms with Gasteiger partial charge in [0.15, 0.2) is 5.43 Å². The third-order valence-corrected chi connectivity index (χ3v) is 4.19. The van der Waals surface area contributed by atoms with Gasteiger partial charge in [0.1, 0.15) is 0 Å². The summed E-state index contributed by atoms with van der Waals surface area (Å²) in [6, 6.07) is 7.81. The van der Waals surface area contributed by atoms with Crippen LogP contribution in [0.15, 0.2) is 35.1 Å². The molecule has 1 aromatic carbocycles. The molecule has 0 spiro atoms. The number of H-pyrrole nitrogens is 1. The largest absolute Gasteiger partial charge is 0.358 e. The second-order valence-electron chi connectivity index (χ2n) is 4.63. The summed E-state index contributed by atoms with van der Waals surface area (Å²) < 4.78 is 0. The number of benzene rings is 1. The van der Waals surface area contributed by atoms with Gasteiger partial charge in [-0.3, -0.25) is 4.79 Å². The maximum Gasteiger partial charge on any atom is 0.189 e. The summed E-state index contributed by atoms with van der Waals surface area (Å²) in [6.07, 6.45) is 3.37. The van der Waals surface area contributed by atoms with Crippen molar-refractivity contribution in [1.82, 2.24) is 4.98 Å². The van der Waals surface area contributed by atoms with E-state index < -0.39 is 0 Å². The highest BCUT2D eigenvalue weighted by Gasteiger charge is 2.08. The van der Waals surface area contributed by atoms with E-state index in [1.54, 1.807) is 6.07 Å². The molecule has 1 aromatic heterocycles. The molecular weight excluding hydrogens is 242 g/mol. The van der Waals surface area contributed by atoms with Crippen LogP contribution in [0.3, 0.4) is 0 Å². The number of fused-ring (bicyclic) bond motifs is 1. The molecule has 0 atom stereocenters. The Labute approximate surface area is 110 Å². The molecule has 2 aromatic rings. The Hall–Kier alpha value is -1.48. The maximum atomic E-state index is 12.0. The van der Waals surface area contributed by atoms with Gasteiger partial charge in [-0.1, -0.05) is 12.1 Å². The van der Waals surface area contributed by atoms with Crippen molar-refractivity contribution in [2.75, 3.05) is 11.5 Å². The molecule has 1 aliphatic rings. The topological polar surface area (TPSA) is 32.9 Å². The monoisotopic (exact) mass is 257 g/mol. The van der Waals surface area contributed by atoms with E-state index in [0.717, 1.165) is 28.8 Å². The van der Waals surface area contributed by atoms with Gasteiger partial charge in [0, 0.05) is 28.4 Å². The minimum Gasteiger partial charge on any atom is -0.358 e. The summed E-state index contributed by atoms with van der Waals surface area (Å²) in [5.41, 5.74) is 4.50. The molecule has 0 radical (unpaired) electrons. The number of thioether (sulfide) groups is 1. The fourth-order valence-electron chi connectivity index (χ4n) is 2.37. The SMILES string of the molecule is Cc1cc(=O)c2cc(C3=CCSCC3)ccc2[nH]1. The second-order valence-corrected chi connectivity index (χ2v) is 5.78. The summed E-state index contributed by atoms with van der Waals surface area (Å²) in [5, 5.41) is 0.789. The molecule has 3 heteroatoms. The van der Waals surface area contributed by atoms with Gasteiger partial charge in [-0.2, -0.15) is 11.8 Å². The minimum atomic E-state index is 0.105. The van der Waals surface area contributed by atoms with Crippen LogP contribution in [0.5, 0.6) is 0 Å². The predicted molar refractivity (Wildman–Crippen MR) is 79.2 cm³/mol. The Morgan fingerprint density at radius 2 is 2.17 bits per heavy atom. The van der Waals surface area contributed by atoms with Crippen LogP contribution in [0.2, 0.25) is 0 Å². The first-order valence-electron chi connectivity index (χ1n) is 6.15. The lowest BCUT2D eigenvalue weighted by atomic mass is 10.0. The highest BCUT2D eigenvalue weighted by molar-refractivity contribution is 7.99. The van der Waals surface area contributed by atoms with Crippen LogP contribution in [-0.4, -0.2) is 16.5 Å². The zero-order valence-corrected chi connectivity index (χ0v) is 11.1. The number of aromatic nitrogens is 1. The number of hydrogen-bond acceptors (Lipinski definition) is 2. The van der Waals surface area contributed by atoms with Crippen molar-refractivity contribution in [2.45, 2.75) is 13.3 Å². The summed E-state index contributed by atoms with van der Waals surface area (Å²) in [5.74, 6) is 2.26. The smallest absolute Gasteiger partial charge is 0.189 e. The molecule has 2 heterocycles. The number of nitrogens with one attached hydrogen (secondary N) is 1. The molecule has 0 bridgehead atoms. The number of allylic oxidation sites excluding steroid dienone is 1. The first-order chi connectivity index (χ1) is 8.74. The molecular formula is C15H15NOS. The molecule has 1 N–H and O–H groups in total. The Morgan fingerprint density at radius 3 is 2.94 bits per heavy atom. The van der Waals surface area contributed by atoms with E-state index in [-0.39, 0.29) is 5.43 Å². The van der Waals surface area contributed by atoms with Crippen molar-refractivity contribution >= 4 is 28.2 Å². The maximum absolute atomic E-state index is 12.0. The summed E-state index contributed by atoms with van der Waals surface area (Å²) in [4.78, 5) is 15.2. The van der Waals surface area contributed by atoms with Gasteiger partial charge in [0.25, 0.3) is 0 Å². The Balaban J connectivity index is 2.16. The van der Waals surface area contributed by atoms with Crippen LogP contribution in [0.25, 0.3) is 16.5 Å². The van der Waals surface area contributed by atoms with E-state index in [2.05, 4.69) is 17.1 Å². The Kier molecular flexibility index (Phi) is 3.00. The summed E-state index contributed by atoms with van der Waals surface area (Å²) >= 11 is 1.96. The lowest BCUT2D eigenvalue weighted by Crippen LogP contribution is -2.04. The fraction of sp³-hybridized carbons (Fsp3) is 0.267. The molecule has 1 aliphatic heterocycles. The predicted octanol–water partition coefficient (Wildman–Crippen LogP) is 3.36. The van der Waals surface area contributed by atoms with Crippen LogP contribution < -0.4 is 5.43 Å². The highest BCUT2D eigenvalue weighted by Crippen LogP contribution is 2.27. The average Bonchev–Trinajstić information content (AvgIpc) is 2.39. The van der Waals surface area contributed by atoms with Crippen molar-refractivity contribution in [3.05, 3.63) is 51.8 Å². The van der Waals surface area contributed by atoms with Crippen LogP contribution in [0.1, 0.15) is 17.7 Å². The quantitative estimate of drug-likeness (QED) is 0.849. The van der Waals surface area contributed by atoms with Crippen LogP contribution in [-0.2, 0) is 0 Å². The molecule has 0 aliphatic carbocycles. The molecule has 92 valence electrons. The number of rotatable bonds is 1. The van der Waals surface area contributed by atoms with E-state index in [9.17, 15) is 4.79 Å². The third kappa shape index (κ3) is 2.10. The van der Waals surface area contributed by atoms with Crippen molar-refractivity contribution < 1.29 is 0 Å². The molecule has 2 nitrogen and oxygen atoms in total. The zero-order valence-electron chi connectivity index (χ0n) is 10.3. The van der Waals surface area contributed by atoms with Crippen LogP contribution in [0.4, 0.5) is 0 Å². The van der Waals surface area contributed by atoms with E-state index in [1.807, 2.05) is 30.8 Å². The zero-order chi connectivity index (χ0) is 12.5. The van der Waals surface area contributed by atoms with Gasteiger partial charge in [-0.25, -0.2) is 0 Å². The van der Waals surface area contributed by atoms with Crippen molar-refractivity contribution in [3.8, 4) is 0 Å². The van der Waals surface area contributed by atoms with Crippen LogP contribution >= 0.6 is 11.8 Å². The van der Waals surface area contributed by atoms with E-state index in [4.69, 9.17) is 0 Å². The summed E-state index contributed by atoms with van der Waals surface area (Å²) in [6.45, 7) is 1.91. The molecule has 0 unspecified atom stereocenters. The first kappa shape index (κ1) is 11.6. The molecule has 0 saturated heterocycles. The van der Waals surface area contributed by atoms with Crippen LogP contribution in [0, 0.1) is 6.92 Å². The van der Waals surface area contributed by atoms with Crippen molar-refractivity contribution in [2.24, 2.45) is 0 Å².